The maximum Gasteiger partial charge on any atom is 0.407 e. The zero-order valence-corrected chi connectivity index (χ0v) is 30.6. The van der Waals surface area contributed by atoms with Crippen LogP contribution in [0.25, 0.3) is 5.76 Å². The number of benzene rings is 1. The molecule has 21 nitrogen and oxygen atoms in total. The molecule has 3 aliphatic carbocycles. The second-order valence-electron chi connectivity index (χ2n) is 14.1. The number of nitrogens with two attached hydrogens (primary N) is 1. The van der Waals surface area contributed by atoms with Crippen molar-refractivity contribution in [3.8, 4) is 5.75 Å². The van der Waals surface area contributed by atoms with Gasteiger partial charge in [-0.1, -0.05) is 25.6 Å². The highest BCUT2D eigenvalue weighted by atomic mass is 16.7. The van der Waals surface area contributed by atoms with Crippen molar-refractivity contribution in [2.75, 3.05) is 46.3 Å². The van der Waals surface area contributed by atoms with Crippen LogP contribution in [-0.4, -0.2) is 170 Å². The number of ether oxygens (including phenoxy) is 2. The zero-order chi connectivity index (χ0) is 41.7. The van der Waals surface area contributed by atoms with Gasteiger partial charge in [0.15, 0.2) is 17.6 Å². The van der Waals surface area contributed by atoms with E-state index in [0.717, 1.165) is 12.2 Å². The Kier molecular flexibility index (Phi) is 12.0. The molecule has 3 amide bonds. The van der Waals surface area contributed by atoms with Crippen LogP contribution in [0.15, 0.2) is 41.7 Å². The Labute approximate surface area is 318 Å². The lowest BCUT2D eigenvalue weighted by atomic mass is 9.54. The summed E-state index contributed by atoms with van der Waals surface area (Å²) in [5, 5.41) is 94.4. The summed E-state index contributed by atoms with van der Waals surface area (Å²) in [4.78, 5) is 72.3. The van der Waals surface area contributed by atoms with Crippen LogP contribution < -0.4 is 16.4 Å². The fourth-order valence-electron chi connectivity index (χ4n) is 8.12. The molecule has 0 radical (unpaired) electrons. The van der Waals surface area contributed by atoms with E-state index in [2.05, 4.69) is 17.2 Å². The minimum Gasteiger partial charge on any atom is -0.508 e. The van der Waals surface area contributed by atoms with Crippen molar-refractivity contribution in [1.82, 2.24) is 15.3 Å². The SMILES string of the molecule is C=CCOC(=O)N[C@H]1C(N(CC(=O)Nc2ccc3c(c2O)C(O)=C2C(=O)[C@]4(O)C(O)=C(C(N)=O)C(=O)[C@@H](N(C)C)[C@@H]4[C@@H](O)[C@@H]2[C@H]3C)OC)O[C@H](CO)[C@@H](O)[C@@H]1O. The summed E-state index contributed by atoms with van der Waals surface area (Å²) in [6, 6.07) is -0.374. The van der Waals surface area contributed by atoms with E-state index in [-0.39, 0.29) is 23.4 Å². The Bertz CT molecular complexity index is 1880. The minimum absolute atomic E-state index is 0.180. The Morgan fingerprint density at radius 3 is 2.32 bits per heavy atom. The quantitative estimate of drug-likeness (QED) is 0.0461. The number of amides is 3. The molecule has 4 aliphatic rings. The van der Waals surface area contributed by atoms with Gasteiger partial charge in [0.05, 0.1) is 43.0 Å². The number of aliphatic hydroxyl groups is 7. The molecule has 1 aliphatic heterocycles. The van der Waals surface area contributed by atoms with Crippen molar-refractivity contribution in [2.45, 2.75) is 61.2 Å². The van der Waals surface area contributed by atoms with E-state index in [9.17, 15) is 64.8 Å². The number of alkyl carbamates (subject to hydrolysis) is 1. The van der Waals surface area contributed by atoms with E-state index in [1.807, 2.05) is 0 Å². The number of aromatic hydroxyl groups is 1. The molecule has 1 saturated carbocycles. The number of primary amides is 1. The molecular formula is C35H45N5O16. The van der Waals surface area contributed by atoms with Gasteiger partial charge in [0.1, 0.15) is 60.3 Å². The number of phenolic OH excluding ortho intramolecular Hbond substituents is 1. The number of ketones is 2. The van der Waals surface area contributed by atoms with Gasteiger partial charge in [0.25, 0.3) is 5.91 Å². The first-order chi connectivity index (χ1) is 26.3. The van der Waals surface area contributed by atoms with Crippen LogP contribution in [0.1, 0.15) is 24.0 Å². The third-order valence-electron chi connectivity index (χ3n) is 10.7. The van der Waals surface area contributed by atoms with E-state index >= 15 is 0 Å². The standard InChI is InChI=1S/C35H45N5O16/c1-6-9-55-34(52)38-22-29(48)25(44)15(11-41)56-33(22)40(54-5)10-16(42)37-14-8-7-13-12(2)17-19(26(45)18(13)24(14)43)30(49)35(53)21(27(17)46)23(39(3)4)28(47)20(31(35)50)32(36)51/h6-8,12,15,17,21-23,25,27,29,33,41,43-46,48,50,53H,1,9-11H2,2-5H3,(H2,36,51)(H,37,42)(H,38,52)/t12-,15+,17+,21+,22+,23-,25+,27-,29+,33?,35-/m0/s1. The fourth-order valence-corrected chi connectivity index (χ4v) is 8.12. The average molecular weight is 792 g/mol. The maximum atomic E-state index is 14.3. The number of rotatable bonds is 11. The van der Waals surface area contributed by atoms with Crippen LogP contribution in [0.2, 0.25) is 0 Å². The van der Waals surface area contributed by atoms with Crippen LogP contribution in [0.3, 0.4) is 0 Å². The maximum absolute atomic E-state index is 14.3. The third-order valence-corrected chi connectivity index (χ3v) is 10.7. The number of fused-ring (bicyclic) bond motifs is 3. The molecule has 1 saturated heterocycles. The van der Waals surface area contributed by atoms with Gasteiger partial charge in [-0.15, -0.1) is 5.06 Å². The zero-order valence-electron chi connectivity index (χ0n) is 30.6. The highest BCUT2D eigenvalue weighted by molar-refractivity contribution is 6.24. The van der Waals surface area contributed by atoms with Crippen molar-refractivity contribution < 1.29 is 79.1 Å². The lowest BCUT2D eigenvalue weighted by molar-refractivity contribution is -0.301. The summed E-state index contributed by atoms with van der Waals surface area (Å²) in [5.41, 5.74) is 0.00448. The molecule has 1 aromatic rings. The van der Waals surface area contributed by atoms with Crippen molar-refractivity contribution in [2.24, 2.45) is 17.6 Å². The van der Waals surface area contributed by atoms with Gasteiger partial charge in [-0.05, 0) is 31.6 Å². The number of hydrogen-bond acceptors (Lipinski definition) is 18. The molecule has 5 rings (SSSR count). The molecule has 1 heterocycles. The number of carbonyl (C=O) groups excluding carboxylic acids is 5. The number of carbonyl (C=O) groups is 5. The molecule has 0 spiro atoms. The number of hydroxylamine groups is 2. The average Bonchev–Trinajstić information content (AvgIpc) is 3.14. The first kappa shape index (κ1) is 42.2. The molecule has 21 heteroatoms. The predicted molar refractivity (Wildman–Crippen MR) is 189 cm³/mol. The molecular weight excluding hydrogens is 746 g/mol. The molecule has 306 valence electrons. The lowest BCUT2D eigenvalue weighted by Gasteiger charge is -2.53. The smallest absolute Gasteiger partial charge is 0.407 e. The summed E-state index contributed by atoms with van der Waals surface area (Å²) >= 11 is 0. The van der Waals surface area contributed by atoms with Gasteiger partial charge in [0, 0.05) is 11.5 Å². The van der Waals surface area contributed by atoms with E-state index < -0.39 is 137 Å². The van der Waals surface area contributed by atoms with Crippen molar-refractivity contribution >= 4 is 40.9 Å². The van der Waals surface area contributed by atoms with Crippen LogP contribution in [0, 0.1) is 11.8 Å². The van der Waals surface area contributed by atoms with E-state index in [1.165, 1.54) is 44.1 Å². The number of hydrogen-bond donors (Lipinski definition) is 11. The fraction of sp³-hybridized carbons (Fsp3) is 0.514. The number of anilines is 1. The summed E-state index contributed by atoms with van der Waals surface area (Å²) < 4.78 is 10.6. The van der Waals surface area contributed by atoms with Crippen LogP contribution in [-0.2, 0) is 33.5 Å². The van der Waals surface area contributed by atoms with Crippen LogP contribution in [0.4, 0.5) is 10.5 Å². The first-order valence-electron chi connectivity index (χ1n) is 17.3. The summed E-state index contributed by atoms with van der Waals surface area (Å²) in [7, 11) is 3.90. The Balaban J connectivity index is 1.49. The van der Waals surface area contributed by atoms with E-state index in [1.54, 1.807) is 0 Å². The van der Waals surface area contributed by atoms with Gasteiger partial charge in [-0.3, -0.25) is 28.9 Å². The summed E-state index contributed by atoms with van der Waals surface area (Å²) in [6.07, 6.45) is -7.94. The molecule has 1 unspecified atom stereocenters. The van der Waals surface area contributed by atoms with E-state index in [0.29, 0.717) is 0 Å². The summed E-state index contributed by atoms with van der Waals surface area (Å²) in [5.74, 6) is -11.8. The van der Waals surface area contributed by atoms with Gasteiger partial charge in [0.2, 0.25) is 11.7 Å². The van der Waals surface area contributed by atoms with Crippen molar-refractivity contribution in [3.05, 3.63) is 52.8 Å². The molecule has 0 aromatic heterocycles. The third kappa shape index (κ3) is 6.69. The molecule has 12 N–H and O–H groups in total. The lowest BCUT2D eigenvalue weighted by Crippen LogP contribution is -2.70. The number of phenols is 1. The first-order valence-corrected chi connectivity index (χ1v) is 17.3. The van der Waals surface area contributed by atoms with E-state index in [4.69, 9.17) is 20.0 Å². The highest BCUT2D eigenvalue weighted by Gasteiger charge is 2.68. The van der Waals surface area contributed by atoms with Crippen molar-refractivity contribution in [1.29, 1.82) is 0 Å². The largest absolute Gasteiger partial charge is 0.508 e. The molecule has 2 fully saturated rings. The Hall–Kier alpha value is -4.97. The molecule has 11 atom stereocenters. The molecule has 0 bridgehead atoms. The topological polar surface area (TPSA) is 331 Å². The monoisotopic (exact) mass is 791 g/mol. The Morgan fingerprint density at radius 2 is 1.75 bits per heavy atom. The molecule has 1 aromatic carbocycles. The number of Topliss-reactive ketones (excluding diaryl/α,β-unsaturated/α-hetero) is 2. The summed E-state index contributed by atoms with van der Waals surface area (Å²) in [6.45, 7) is 3.23. The number of nitrogens with zero attached hydrogens (tertiary/aromatic N) is 2. The van der Waals surface area contributed by atoms with Gasteiger partial charge >= 0.3 is 6.09 Å². The predicted octanol–water partition coefficient (Wildman–Crippen LogP) is -2.98. The van der Waals surface area contributed by atoms with Crippen LogP contribution >= 0.6 is 0 Å². The second-order valence-corrected chi connectivity index (χ2v) is 14.1. The van der Waals surface area contributed by atoms with Gasteiger partial charge < -0.3 is 66.7 Å². The highest BCUT2D eigenvalue weighted by Crippen LogP contribution is 2.56. The minimum atomic E-state index is -3.12. The number of aliphatic hydroxyl groups excluding tert-OH is 6. The van der Waals surface area contributed by atoms with Gasteiger partial charge in [-0.25, -0.2) is 4.79 Å². The van der Waals surface area contributed by atoms with Gasteiger partial charge in [-0.2, -0.15) is 0 Å². The normalized spacial score (nSPS) is 32.8. The Morgan fingerprint density at radius 1 is 1.09 bits per heavy atom. The second kappa shape index (κ2) is 15.9. The number of nitrogens with one attached hydrogen (secondary N) is 2. The van der Waals surface area contributed by atoms with Crippen molar-refractivity contribution in [3.63, 3.8) is 0 Å². The molecule has 56 heavy (non-hydrogen) atoms. The number of likely N-dealkylation sites (N-methyl/N-ethyl adjacent to an activating group) is 1. The van der Waals surface area contributed by atoms with Crippen LogP contribution in [0.5, 0.6) is 5.75 Å².